The Morgan fingerprint density at radius 3 is 3.12 bits per heavy atom. The van der Waals surface area contributed by atoms with Crippen molar-refractivity contribution in [3.63, 3.8) is 0 Å². The second kappa shape index (κ2) is 5.80. The van der Waals surface area contributed by atoms with E-state index in [0.29, 0.717) is 12.6 Å². The van der Waals surface area contributed by atoms with Gasteiger partial charge in [0.05, 0.1) is 0 Å². The summed E-state index contributed by atoms with van der Waals surface area (Å²) in [4.78, 5) is 10.4. The van der Waals surface area contributed by atoms with Crippen molar-refractivity contribution in [3.05, 3.63) is 11.1 Å². The fourth-order valence-corrected chi connectivity index (χ4v) is 3.24. The maximum absolute atomic E-state index is 5.61. The van der Waals surface area contributed by atoms with Crippen molar-refractivity contribution in [1.29, 1.82) is 0 Å². The number of thiazole rings is 1. The first kappa shape index (κ1) is 12.8. The first-order valence-corrected chi connectivity index (χ1v) is 7.16. The summed E-state index contributed by atoms with van der Waals surface area (Å²) in [5, 5.41) is 1.09. The third-order valence-corrected chi connectivity index (χ3v) is 4.59. The van der Waals surface area contributed by atoms with Crippen LogP contribution >= 0.6 is 11.3 Å². The molecule has 1 aromatic rings. The molecule has 2 heterocycles. The van der Waals surface area contributed by atoms with E-state index in [4.69, 9.17) is 5.73 Å². The van der Waals surface area contributed by atoms with Gasteiger partial charge in [-0.25, -0.2) is 4.98 Å². The second-order valence-electron chi connectivity index (χ2n) is 4.62. The van der Waals surface area contributed by atoms with E-state index in [0.717, 1.165) is 23.1 Å². The minimum atomic E-state index is 0.593. The Kier molecular flexibility index (Phi) is 4.36. The van der Waals surface area contributed by atoms with Crippen LogP contribution in [0.25, 0.3) is 0 Å². The minimum absolute atomic E-state index is 0.593. The molecule has 0 aromatic carbocycles. The number of nitrogens with zero attached hydrogens (tertiary/aromatic N) is 3. The topological polar surface area (TPSA) is 45.4 Å². The van der Waals surface area contributed by atoms with Crippen LogP contribution in [-0.2, 0) is 6.54 Å². The maximum Gasteiger partial charge on any atom is 0.185 e. The summed E-state index contributed by atoms with van der Waals surface area (Å²) in [7, 11) is 2.13. The lowest BCUT2D eigenvalue weighted by atomic mass is 10.2. The van der Waals surface area contributed by atoms with Gasteiger partial charge in [-0.1, -0.05) is 6.92 Å². The summed E-state index contributed by atoms with van der Waals surface area (Å²) in [5.41, 5.74) is 5.61. The van der Waals surface area contributed by atoms with Crippen molar-refractivity contribution < 1.29 is 0 Å². The van der Waals surface area contributed by atoms with Gasteiger partial charge in [0.25, 0.3) is 0 Å². The molecule has 5 heteroatoms. The van der Waals surface area contributed by atoms with E-state index in [1.54, 1.807) is 11.3 Å². The first-order valence-electron chi connectivity index (χ1n) is 6.34. The summed E-state index contributed by atoms with van der Waals surface area (Å²) < 4.78 is 0. The third-order valence-electron chi connectivity index (χ3n) is 3.46. The molecule has 1 aliphatic heterocycles. The minimum Gasteiger partial charge on any atom is -0.350 e. The monoisotopic (exact) mass is 254 g/mol. The van der Waals surface area contributed by atoms with Gasteiger partial charge in [-0.2, -0.15) is 0 Å². The van der Waals surface area contributed by atoms with Gasteiger partial charge in [-0.3, -0.25) is 4.90 Å². The van der Waals surface area contributed by atoms with Crippen LogP contribution in [0.2, 0.25) is 0 Å². The zero-order chi connectivity index (χ0) is 12.3. The molecule has 0 amide bonds. The lowest BCUT2D eigenvalue weighted by Crippen LogP contribution is -2.38. The van der Waals surface area contributed by atoms with E-state index in [-0.39, 0.29) is 0 Å². The van der Waals surface area contributed by atoms with Crippen LogP contribution < -0.4 is 10.6 Å². The molecule has 2 N–H and O–H groups in total. The maximum atomic E-state index is 5.61. The van der Waals surface area contributed by atoms with Crippen molar-refractivity contribution in [2.24, 2.45) is 5.73 Å². The standard InChI is InChI=1S/C12H22N4S/c1-3-16-6-4-5-10(16)9-15(2)12-14-8-11(7-13)17-12/h8,10H,3-7,9,13H2,1-2H3. The number of rotatable bonds is 5. The second-order valence-corrected chi connectivity index (χ2v) is 5.71. The summed E-state index contributed by atoms with van der Waals surface area (Å²) >= 11 is 1.70. The van der Waals surface area contributed by atoms with Crippen LogP contribution in [0.4, 0.5) is 5.13 Å². The average Bonchev–Trinajstić information content (AvgIpc) is 2.96. The zero-order valence-electron chi connectivity index (χ0n) is 10.7. The van der Waals surface area contributed by atoms with Crippen molar-refractivity contribution in [1.82, 2.24) is 9.88 Å². The molecule has 1 fully saturated rings. The number of likely N-dealkylation sites (tertiary alicyclic amines) is 1. The van der Waals surface area contributed by atoms with Crippen LogP contribution in [0.3, 0.4) is 0 Å². The van der Waals surface area contributed by atoms with Crippen molar-refractivity contribution in [2.75, 3.05) is 31.6 Å². The Hall–Kier alpha value is -0.650. The molecule has 4 nitrogen and oxygen atoms in total. The van der Waals surface area contributed by atoms with Gasteiger partial charge < -0.3 is 10.6 Å². The molecule has 0 radical (unpaired) electrons. The molecule has 0 bridgehead atoms. The molecule has 2 rings (SSSR count). The van der Waals surface area contributed by atoms with Gasteiger partial charge >= 0.3 is 0 Å². The molecular weight excluding hydrogens is 232 g/mol. The molecule has 1 aromatic heterocycles. The quantitative estimate of drug-likeness (QED) is 0.865. The van der Waals surface area contributed by atoms with Crippen LogP contribution in [0.5, 0.6) is 0 Å². The van der Waals surface area contributed by atoms with Gasteiger partial charge in [-0.15, -0.1) is 11.3 Å². The number of hydrogen-bond donors (Lipinski definition) is 1. The fraction of sp³-hybridized carbons (Fsp3) is 0.750. The van der Waals surface area contributed by atoms with E-state index in [1.165, 1.54) is 19.4 Å². The Morgan fingerprint density at radius 1 is 1.65 bits per heavy atom. The fourth-order valence-electron chi connectivity index (χ4n) is 2.48. The Labute approximate surface area is 107 Å². The van der Waals surface area contributed by atoms with E-state index in [1.807, 2.05) is 6.20 Å². The van der Waals surface area contributed by atoms with E-state index in [2.05, 4.69) is 28.8 Å². The molecule has 1 unspecified atom stereocenters. The van der Waals surface area contributed by atoms with E-state index in [9.17, 15) is 0 Å². The predicted octanol–water partition coefficient (Wildman–Crippen LogP) is 1.52. The summed E-state index contributed by atoms with van der Waals surface area (Å²) in [6, 6.07) is 0.690. The SMILES string of the molecule is CCN1CCCC1CN(C)c1ncc(CN)s1. The summed E-state index contributed by atoms with van der Waals surface area (Å²) in [5.74, 6) is 0. The lowest BCUT2D eigenvalue weighted by molar-refractivity contribution is 0.270. The highest BCUT2D eigenvalue weighted by molar-refractivity contribution is 7.15. The van der Waals surface area contributed by atoms with Crippen molar-refractivity contribution in [2.45, 2.75) is 32.4 Å². The zero-order valence-corrected chi connectivity index (χ0v) is 11.5. The van der Waals surface area contributed by atoms with Crippen LogP contribution in [0.1, 0.15) is 24.6 Å². The van der Waals surface area contributed by atoms with Gasteiger partial charge in [0.15, 0.2) is 5.13 Å². The Morgan fingerprint density at radius 2 is 2.47 bits per heavy atom. The molecule has 0 saturated carbocycles. The Balaban J connectivity index is 1.94. The number of nitrogens with two attached hydrogens (primary N) is 1. The van der Waals surface area contributed by atoms with Crippen molar-refractivity contribution >= 4 is 16.5 Å². The molecule has 1 saturated heterocycles. The highest BCUT2D eigenvalue weighted by Gasteiger charge is 2.24. The number of anilines is 1. The molecule has 1 atom stereocenters. The predicted molar refractivity (Wildman–Crippen MR) is 73.5 cm³/mol. The number of likely N-dealkylation sites (N-methyl/N-ethyl adjacent to an activating group) is 2. The van der Waals surface area contributed by atoms with Gasteiger partial charge in [0, 0.05) is 37.3 Å². The smallest absolute Gasteiger partial charge is 0.185 e. The first-order chi connectivity index (χ1) is 8.24. The molecule has 96 valence electrons. The molecule has 1 aliphatic rings. The highest BCUT2D eigenvalue weighted by atomic mass is 32.1. The summed E-state index contributed by atoms with van der Waals surface area (Å²) in [6.07, 6.45) is 4.54. The van der Waals surface area contributed by atoms with E-state index < -0.39 is 0 Å². The van der Waals surface area contributed by atoms with Crippen LogP contribution in [0, 0.1) is 0 Å². The largest absolute Gasteiger partial charge is 0.350 e. The van der Waals surface area contributed by atoms with Gasteiger partial charge in [0.1, 0.15) is 0 Å². The number of aromatic nitrogens is 1. The van der Waals surface area contributed by atoms with Gasteiger partial charge in [0.2, 0.25) is 0 Å². The van der Waals surface area contributed by atoms with Crippen LogP contribution in [-0.4, -0.2) is 42.6 Å². The number of hydrogen-bond acceptors (Lipinski definition) is 5. The molecule has 17 heavy (non-hydrogen) atoms. The highest BCUT2D eigenvalue weighted by Crippen LogP contribution is 2.24. The lowest BCUT2D eigenvalue weighted by Gasteiger charge is -2.27. The molecular formula is C12H22N4S. The van der Waals surface area contributed by atoms with E-state index >= 15 is 0 Å². The molecule has 0 aliphatic carbocycles. The third kappa shape index (κ3) is 2.97. The normalized spacial score (nSPS) is 21.0. The average molecular weight is 254 g/mol. The van der Waals surface area contributed by atoms with Crippen molar-refractivity contribution in [3.8, 4) is 0 Å². The molecule has 0 spiro atoms. The van der Waals surface area contributed by atoms with Gasteiger partial charge in [-0.05, 0) is 25.9 Å². The van der Waals surface area contributed by atoms with Crippen LogP contribution in [0.15, 0.2) is 6.20 Å². The summed E-state index contributed by atoms with van der Waals surface area (Å²) in [6.45, 7) is 6.32. The Bertz CT molecular complexity index is 352.